The number of aryl methyl sites for hydroxylation is 1. The molecular weight excluding hydrogens is 370 g/mol. The minimum atomic E-state index is -0.118. The van der Waals surface area contributed by atoms with Crippen molar-refractivity contribution in [3.8, 4) is 11.4 Å². The molecule has 0 spiro atoms. The zero-order valence-corrected chi connectivity index (χ0v) is 15.5. The van der Waals surface area contributed by atoms with E-state index in [1.807, 2.05) is 31.2 Å². The molecule has 2 aromatic carbocycles. The van der Waals surface area contributed by atoms with Crippen LogP contribution < -0.4 is 5.32 Å². The van der Waals surface area contributed by atoms with Gasteiger partial charge in [-0.3, -0.25) is 4.79 Å². The molecule has 0 radical (unpaired) electrons. The van der Waals surface area contributed by atoms with Crippen molar-refractivity contribution in [2.24, 2.45) is 0 Å². The van der Waals surface area contributed by atoms with Crippen LogP contribution in [0.5, 0.6) is 5.75 Å². The van der Waals surface area contributed by atoms with Crippen LogP contribution in [0.1, 0.15) is 22.1 Å². The van der Waals surface area contributed by atoms with Crippen LogP contribution in [0.2, 0.25) is 5.02 Å². The number of phenols is 1. The monoisotopic (exact) mass is 385 g/mol. The van der Waals surface area contributed by atoms with E-state index in [9.17, 15) is 9.90 Å². The molecule has 1 aliphatic heterocycles. The van der Waals surface area contributed by atoms with Crippen molar-refractivity contribution in [1.82, 2.24) is 9.78 Å². The van der Waals surface area contributed by atoms with E-state index in [0.717, 1.165) is 16.8 Å². The summed E-state index contributed by atoms with van der Waals surface area (Å²) < 4.78 is 1.69. The molecule has 26 heavy (non-hydrogen) atoms. The van der Waals surface area contributed by atoms with Crippen LogP contribution in [0.25, 0.3) is 5.69 Å². The molecule has 1 aliphatic rings. The number of fused-ring (bicyclic) bond motifs is 1. The van der Waals surface area contributed by atoms with Gasteiger partial charge in [0.05, 0.1) is 27.4 Å². The van der Waals surface area contributed by atoms with Crippen LogP contribution in [0.15, 0.2) is 48.5 Å². The quantitative estimate of drug-likeness (QED) is 0.689. The number of halogens is 1. The van der Waals surface area contributed by atoms with Crippen LogP contribution in [-0.4, -0.2) is 26.5 Å². The second-order valence-corrected chi connectivity index (χ2v) is 7.55. The number of nitrogens with one attached hydrogen (secondary N) is 1. The van der Waals surface area contributed by atoms with Crippen LogP contribution in [0, 0.1) is 6.92 Å². The Kier molecular flexibility index (Phi) is 4.38. The number of hydrogen-bond donors (Lipinski definition) is 2. The number of anilines is 1. The number of benzene rings is 2. The summed E-state index contributed by atoms with van der Waals surface area (Å²) in [4.78, 5) is 12.3. The summed E-state index contributed by atoms with van der Waals surface area (Å²) in [5, 5.41) is 17.9. The Hall–Kier alpha value is -2.44. The van der Waals surface area contributed by atoms with Crippen molar-refractivity contribution >= 4 is 35.1 Å². The summed E-state index contributed by atoms with van der Waals surface area (Å²) in [5.41, 5.74) is 3.37. The molecule has 1 unspecified atom stereocenters. The van der Waals surface area contributed by atoms with Crippen molar-refractivity contribution < 1.29 is 9.90 Å². The van der Waals surface area contributed by atoms with Gasteiger partial charge in [0.25, 0.3) is 0 Å². The van der Waals surface area contributed by atoms with E-state index in [1.165, 1.54) is 11.8 Å². The summed E-state index contributed by atoms with van der Waals surface area (Å²) in [6.07, 6.45) is 0. The molecule has 0 fully saturated rings. The van der Waals surface area contributed by atoms with Crippen LogP contribution >= 0.6 is 23.4 Å². The standard InChI is InChI=1S/C19H16ClN3O2S/c1-11-17-18(12-5-4-6-13(24)9-12)26-10-16(25)21-19(17)23(22-11)15-8-3-2-7-14(15)20/h2-9,18,24H,10H2,1H3,(H,21,25). The Balaban J connectivity index is 1.92. The molecule has 1 amide bonds. The van der Waals surface area contributed by atoms with Gasteiger partial charge < -0.3 is 10.4 Å². The van der Waals surface area contributed by atoms with Gasteiger partial charge >= 0.3 is 0 Å². The number of aromatic nitrogens is 2. The largest absolute Gasteiger partial charge is 0.508 e. The molecule has 0 saturated carbocycles. The third-order valence-electron chi connectivity index (χ3n) is 4.26. The summed E-state index contributed by atoms with van der Waals surface area (Å²) in [7, 11) is 0. The Bertz CT molecular complexity index is 1000. The molecular formula is C19H16ClN3O2S. The number of aromatic hydroxyl groups is 1. The maximum absolute atomic E-state index is 12.3. The number of carbonyl (C=O) groups is 1. The number of thioether (sulfide) groups is 1. The SMILES string of the molecule is Cc1nn(-c2ccccc2Cl)c2c1C(c1cccc(O)c1)SCC(=O)N2. The maximum Gasteiger partial charge on any atom is 0.235 e. The smallest absolute Gasteiger partial charge is 0.235 e. The number of carbonyl (C=O) groups excluding carboxylic acids is 1. The van der Waals surface area contributed by atoms with Gasteiger partial charge in [-0.05, 0) is 36.8 Å². The molecule has 5 nitrogen and oxygen atoms in total. The fourth-order valence-corrected chi connectivity index (χ4v) is 4.53. The lowest BCUT2D eigenvalue weighted by molar-refractivity contribution is -0.113. The van der Waals surface area contributed by atoms with Crippen molar-refractivity contribution in [3.05, 3.63) is 70.4 Å². The summed E-state index contributed by atoms with van der Waals surface area (Å²) in [5.74, 6) is 1.05. The summed E-state index contributed by atoms with van der Waals surface area (Å²) in [6.45, 7) is 1.92. The molecule has 2 N–H and O–H groups in total. The van der Waals surface area contributed by atoms with E-state index in [0.29, 0.717) is 22.3 Å². The third-order valence-corrected chi connectivity index (χ3v) is 5.85. The number of phenolic OH excluding ortho intramolecular Hbond substituents is 1. The normalized spacial score (nSPS) is 16.7. The molecule has 4 rings (SSSR count). The van der Waals surface area contributed by atoms with Gasteiger partial charge in [-0.2, -0.15) is 5.10 Å². The first-order valence-electron chi connectivity index (χ1n) is 8.09. The molecule has 0 aliphatic carbocycles. The molecule has 0 saturated heterocycles. The van der Waals surface area contributed by atoms with Crippen molar-refractivity contribution in [2.45, 2.75) is 12.2 Å². The number of rotatable bonds is 2. The molecule has 7 heteroatoms. The maximum atomic E-state index is 12.3. The fourth-order valence-electron chi connectivity index (χ4n) is 3.13. The van der Waals surface area contributed by atoms with E-state index < -0.39 is 0 Å². The molecule has 132 valence electrons. The van der Waals surface area contributed by atoms with Crippen molar-refractivity contribution in [1.29, 1.82) is 0 Å². The molecule has 1 atom stereocenters. The van der Waals surface area contributed by atoms with Gasteiger partial charge in [0.15, 0.2) is 0 Å². The van der Waals surface area contributed by atoms with Gasteiger partial charge in [-0.25, -0.2) is 4.68 Å². The Morgan fingerprint density at radius 3 is 2.85 bits per heavy atom. The van der Waals surface area contributed by atoms with Crippen LogP contribution in [0.3, 0.4) is 0 Å². The van der Waals surface area contributed by atoms with E-state index in [2.05, 4.69) is 10.4 Å². The third kappa shape index (κ3) is 2.95. The lowest BCUT2D eigenvalue weighted by Gasteiger charge is -2.15. The van der Waals surface area contributed by atoms with Gasteiger partial charge in [0.2, 0.25) is 5.91 Å². The number of nitrogens with zero attached hydrogens (tertiary/aromatic N) is 2. The van der Waals surface area contributed by atoms with E-state index in [1.54, 1.807) is 28.9 Å². The second-order valence-electron chi connectivity index (χ2n) is 6.05. The average Bonchev–Trinajstić information content (AvgIpc) is 2.82. The lowest BCUT2D eigenvalue weighted by atomic mass is 10.0. The lowest BCUT2D eigenvalue weighted by Crippen LogP contribution is -2.16. The first-order chi connectivity index (χ1) is 12.5. The second kappa shape index (κ2) is 6.70. The highest BCUT2D eigenvalue weighted by Gasteiger charge is 2.31. The van der Waals surface area contributed by atoms with E-state index in [-0.39, 0.29) is 16.9 Å². The molecule has 3 aromatic rings. The molecule has 1 aromatic heterocycles. The first kappa shape index (κ1) is 17.0. The first-order valence-corrected chi connectivity index (χ1v) is 9.52. The highest BCUT2D eigenvalue weighted by Crippen LogP contribution is 2.44. The van der Waals surface area contributed by atoms with Crippen molar-refractivity contribution in [3.63, 3.8) is 0 Å². The Morgan fingerprint density at radius 1 is 1.27 bits per heavy atom. The highest BCUT2D eigenvalue weighted by molar-refractivity contribution is 8.00. The topological polar surface area (TPSA) is 67.1 Å². The van der Waals surface area contributed by atoms with Crippen LogP contribution in [-0.2, 0) is 4.79 Å². The van der Waals surface area contributed by atoms with Gasteiger partial charge in [-0.15, -0.1) is 11.8 Å². The number of para-hydroxylation sites is 1. The Morgan fingerprint density at radius 2 is 2.08 bits per heavy atom. The Labute approximate surface area is 160 Å². The van der Waals surface area contributed by atoms with E-state index >= 15 is 0 Å². The zero-order chi connectivity index (χ0) is 18.3. The molecule has 0 bridgehead atoms. The van der Waals surface area contributed by atoms with Gasteiger partial charge in [-0.1, -0.05) is 35.9 Å². The average molecular weight is 386 g/mol. The van der Waals surface area contributed by atoms with Gasteiger partial charge in [0.1, 0.15) is 11.6 Å². The summed E-state index contributed by atoms with van der Waals surface area (Å²) >= 11 is 7.86. The van der Waals surface area contributed by atoms with Crippen molar-refractivity contribution in [2.75, 3.05) is 11.1 Å². The highest BCUT2D eigenvalue weighted by atomic mass is 35.5. The number of amides is 1. The van der Waals surface area contributed by atoms with Gasteiger partial charge in [0, 0.05) is 5.56 Å². The zero-order valence-electron chi connectivity index (χ0n) is 13.9. The predicted molar refractivity (Wildman–Crippen MR) is 104 cm³/mol. The van der Waals surface area contributed by atoms with Crippen LogP contribution in [0.4, 0.5) is 5.82 Å². The molecule has 2 heterocycles. The number of hydrogen-bond acceptors (Lipinski definition) is 4. The minimum absolute atomic E-state index is 0.0906. The predicted octanol–water partition coefficient (Wildman–Crippen LogP) is 4.31. The summed E-state index contributed by atoms with van der Waals surface area (Å²) in [6, 6.07) is 14.5. The minimum Gasteiger partial charge on any atom is -0.508 e. The fraction of sp³-hybridized carbons (Fsp3) is 0.158. The van der Waals surface area contributed by atoms with E-state index in [4.69, 9.17) is 11.6 Å².